The van der Waals surface area contributed by atoms with Gasteiger partial charge in [0, 0.05) is 23.7 Å². The maximum Gasteiger partial charge on any atom is 0.141 e. The summed E-state index contributed by atoms with van der Waals surface area (Å²) in [6.45, 7) is 5.08. The molecule has 1 aromatic carbocycles. The zero-order valence-corrected chi connectivity index (χ0v) is 16.5. The lowest BCUT2D eigenvalue weighted by atomic mass is 10.1. The van der Waals surface area contributed by atoms with Gasteiger partial charge in [-0.2, -0.15) is 15.3 Å². The fourth-order valence-corrected chi connectivity index (χ4v) is 2.88. The van der Waals surface area contributed by atoms with Crippen LogP contribution in [-0.2, 0) is 6.54 Å². The monoisotopic (exact) mass is 381 g/mol. The van der Waals surface area contributed by atoms with Crippen molar-refractivity contribution in [2.45, 2.75) is 26.3 Å². The molecule has 1 N–H and O–H groups in total. The van der Waals surface area contributed by atoms with Crippen LogP contribution in [0.4, 0.5) is 0 Å². The van der Waals surface area contributed by atoms with Crippen LogP contribution in [0.15, 0.2) is 48.9 Å². The Balaban J connectivity index is 1.51. The average molecular weight is 381 g/mol. The molecule has 3 aromatic rings. The Morgan fingerprint density at radius 1 is 0.964 bits per heavy atom. The highest BCUT2D eigenvalue weighted by Crippen LogP contribution is 2.24. The third-order valence-electron chi connectivity index (χ3n) is 4.37. The molecular formula is C21H27N5O2. The van der Waals surface area contributed by atoms with Crippen LogP contribution < -0.4 is 9.47 Å². The van der Waals surface area contributed by atoms with Gasteiger partial charge >= 0.3 is 0 Å². The summed E-state index contributed by atoms with van der Waals surface area (Å²) in [5.41, 5.74) is 3.36. The molecule has 2 heterocycles. The van der Waals surface area contributed by atoms with Crippen molar-refractivity contribution < 1.29 is 9.47 Å². The summed E-state index contributed by atoms with van der Waals surface area (Å²) >= 11 is 0. The molecule has 0 amide bonds. The molecule has 3 rings (SSSR count). The van der Waals surface area contributed by atoms with Crippen LogP contribution in [0.3, 0.4) is 0 Å². The number of hydrogen-bond donors (Lipinski definition) is 1. The van der Waals surface area contributed by atoms with E-state index in [0.29, 0.717) is 19.0 Å². The predicted molar refractivity (Wildman–Crippen MR) is 108 cm³/mol. The van der Waals surface area contributed by atoms with Gasteiger partial charge in [0.15, 0.2) is 0 Å². The number of H-pyrrole nitrogens is 1. The fourth-order valence-electron chi connectivity index (χ4n) is 2.88. The Labute approximate surface area is 165 Å². The lowest BCUT2D eigenvalue weighted by Crippen LogP contribution is -2.19. The standard InChI is InChI=1S/C21H27N5O2/c1-3-4-11-26(2)16-18-14-24-25-21(18)17-5-7-19(8-6-17)27-12-13-28-20-9-10-22-23-15-20/h5-10,14-15H,3-4,11-13,16H2,1-2H3,(H,24,25). The van der Waals surface area contributed by atoms with Gasteiger partial charge in [0.05, 0.1) is 24.3 Å². The zero-order chi connectivity index (χ0) is 19.6. The summed E-state index contributed by atoms with van der Waals surface area (Å²) in [5.74, 6) is 1.49. The zero-order valence-electron chi connectivity index (χ0n) is 16.5. The van der Waals surface area contributed by atoms with E-state index in [-0.39, 0.29) is 0 Å². The average Bonchev–Trinajstić information content (AvgIpc) is 3.19. The minimum atomic E-state index is 0.447. The smallest absolute Gasteiger partial charge is 0.141 e. The van der Waals surface area contributed by atoms with Crippen molar-refractivity contribution in [3.8, 4) is 22.8 Å². The molecule has 7 heteroatoms. The first kappa shape index (κ1) is 19.8. The molecule has 148 valence electrons. The van der Waals surface area contributed by atoms with Crippen molar-refractivity contribution in [1.29, 1.82) is 0 Å². The van der Waals surface area contributed by atoms with Gasteiger partial charge in [0.2, 0.25) is 0 Å². The molecule has 0 radical (unpaired) electrons. The number of nitrogens with zero attached hydrogens (tertiary/aromatic N) is 4. The van der Waals surface area contributed by atoms with Gasteiger partial charge in [-0.25, -0.2) is 0 Å². The topological polar surface area (TPSA) is 76.2 Å². The first-order chi connectivity index (χ1) is 13.8. The van der Waals surface area contributed by atoms with E-state index in [1.54, 1.807) is 18.5 Å². The quantitative estimate of drug-likeness (QED) is 0.512. The van der Waals surface area contributed by atoms with Gasteiger partial charge in [-0.15, -0.1) is 0 Å². The number of ether oxygens (including phenoxy) is 2. The van der Waals surface area contributed by atoms with E-state index in [4.69, 9.17) is 9.47 Å². The van der Waals surface area contributed by atoms with Crippen LogP contribution in [0.25, 0.3) is 11.3 Å². The van der Waals surface area contributed by atoms with Crippen molar-refractivity contribution in [3.63, 3.8) is 0 Å². The number of benzene rings is 1. The normalized spacial score (nSPS) is 11.0. The molecule has 0 saturated heterocycles. The van der Waals surface area contributed by atoms with E-state index in [1.165, 1.54) is 18.4 Å². The molecule has 0 atom stereocenters. The van der Waals surface area contributed by atoms with Crippen LogP contribution in [0.2, 0.25) is 0 Å². The van der Waals surface area contributed by atoms with E-state index >= 15 is 0 Å². The summed E-state index contributed by atoms with van der Waals surface area (Å²) < 4.78 is 11.3. The molecular weight excluding hydrogens is 354 g/mol. The Morgan fingerprint density at radius 2 is 1.75 bits per heavy atom. The van der Waals surface area contributed by atoms with Gasteiger partial charge in [-0.3, -0.25) is 5.10 Å². The Bertz CT molecular complexity index is 820. The molecule has 2 aromatic heterocycles. The van der Waals surface area contributed by atoms with Gasteiger partial charge in [0.25, 0.3) is 0 Å². The van der Waals surface area contributed by atoms with Gasteiger partial charge in [-0.05, 0) is 44.3 Å². The molecule has 0 unspecified atom stereocenters. The third-order valence-corrected chi connectivity index (χ3v) is 4.37. The number of rotatable bonds is 11. The van der Waals surface area contributed by atoms with E-state index in [2.05, 4.69) is 39.3 Å². The first-order valence-electron chi connectivity index (χ1n) is 9.59. The van der Waals surface area contributed by atoms with Gasteiger partial charge in [-0.1, -0.05) is 13.3 Å². The van der Waals surface area contributed by atoms with Crippen LogP contribution in [-0.4, -0.2) is 52.1 Å². The highest BCUT2D eigenvalue weighted by Gasteiger charge is 2.10. The van der Waals surface area contributed by atoms with E-state index < -0.39 is 0 Å². The number of aromatic nitrogens is 4. The second-order valence-corrected chi connectivity index (χ2v) is 6.66. The molecule has 7 nitrogen and oxygen atoms in total. The number of aromatic amines is 1. The summed E-state index contributed by atoms with van der Waals surface area (Å²) in [6, 6.07) is 9.80. The van der Waals surface area contributed by atoms with Crippen LogP contribution in [0, 0.1) is 0 Å². The maximum atomic E-state index is 5.74. The Hall–Kier alpha value is -2.93. The first-order valence-corrected chi connectivity index (χ1v) is 9.59. The van der Waals surface area contributed by atoms with Crippen molar-refractivity contribution >= 4 is 0 Å². The third kappa shape index (κ3) is 5.79. The van der Waals surface area contributed by atoms with E-state index in [9.17, 15) is 0 Å². The molecule has 0 aliphatic carbocycles. The largest absolute Gasteiger partial charge is 0.490 e. The highest BCUT2D eigenvalue weighted by atomic mass is 16.5. The summed E-state index contributed by atoms with van der Waals surface area (Å²) in [5, 5.41) is 14.8. The highest BCUT2D eigenvalue weighted by molar-refractivity contribution is 5.63. The molecule has 28 heavy (non-hydrogen) atoms. The molecule has 0 aliphatic heterocycles. The van der Waals surface area contributed by atoms with Crippen molar-refractivity contribution in [2.24, 2.45) is 0 Å². The molecule has 0 bridgehead atoms. The van der Waals surface area contributed by atoms with Gasteiger partial charge < -0.3 is 14.4 Å². The number of hydrogen-bond acceptors (Lipinski definition) is 6. The molecule has 0 saturated carbocycles. The predicted octanol–water partition coefficient (Wildman–Crippen LogP) is 3.56. The minimum Gasteiger partial charge on any atom is -0.490 e. The summed E-state index contributed by atoms with van der Waals surface area (Å²) in [6.07, 6.45) is 7.50. The fraction of sp³-hybridized carbons (Fsp3) is 0.381. The lowest BCUT2D eigenvalue weighted by molar-refractivity contribution is 0.216. The van der Waals surface area contributed by atoms with Crippen molar-refractivity contribution in [2.75, 3.05) is 26.8 Å². The molecule has 0 aliphatic rings. The second-order valence-electron chi connectivity index (χ2n) is 6.66. The Morgan fingerprint density at radius 3 is 2.46 bits per heavy atom. The minimum absolute atomic E-state index is 0.447. The van der Waals surface area contributed by atoms with Crippen LogP contribution in [0.5, 0.6) is 11.5 Å². The van der Waals surface area contributed by atoms with Crippen molar-refractivity contribution in [1.82, 2.24) is 25.3 Å². The van der Waals surface area contributed by atoms with Crippen molar-refractivity contribution in [3.05, 3.63) is 54.5 Å². The summed E-state index contributed by atoms with van der Waals surface area (Å²) in [4.78, 5) is 2.33. The number of unbranched alkanes of at least 4 members (excludes halogenated alkanes) is 1. The Kier molecular flexibility index (Phi) is 7.37. The SMILES string of the molecule is CCCCN(C)Cc1cn[nH]c1-c1ccc(OCCOc2ccnnc2)cc1. The second kappa shape index (κ2) is 10.4. The lowest BCUT2D eigenvalue weighted by Gasteiger charge is -2.16. The van der Waals surface area contributed by atoms with Crippen LogP contribution >= 0.6 is 0 Å². The maximum absolute atomic E-state index is 5.74. The summed E-state index contributed by atoms with van der Waals surface area (Å²) in [7, 11) is 2.15. The van der Waals surface area contributed by atoms with E-state index in [1.807, 2.05) is 30.5 Å². The van der Waals surface area contributed by atoms with E-state index in [0.717, 1.165) is 30.1 Å². The molecule has 0 fully saturated rings. The molecule has 0 spiro atoms. The van der Waals surface area contributed by atoms with Gasteiger partial charge in [0.1, 0.15) is 24.7 Å². The van der Waals surface area contributed by atoms with Crippen LogP contribution in [0.1, 0.15) is 25.3 Å². The number of nitrogens with one attached hydrogen (secondary N) is 1.